The summed E-state index contributed by atoms with van der Waals surface area (Å²) < 4.78 is 0. The zero-order valence-electron chi connectivity index (χ0n) is 10.6. The van der Waals surface area contributed by atoms with Gasteiger partial charge in [0.15, 0.2) is 0 Å². The van der Waals surface area contributed by atoms with Gasteiger partial charge in [0.25, 0.3) is 0 Å². The quantitative estimate of drug-likeness (QED) is 0.769. The van der Waals surface area contributed by atoms with Crippen LogP contribution < -0.4 is 5.32 Å². The minimum absolute atomic E-state index is 0.342. The number of anilines is 1. The van der Waals surface area contributed by atoms with Gasteiger partial charge in [0.05, 0.1) is 6.04 Å². The second-order valence-corrected chi connectivity index (χ2v) is 4.84. The molecule has 2 aromatic rings. The zero-order valence-corrected chi connectivity index (χ0v) is 11.3. The van der Waals surface area contributed by atoms with Crippen LogP contribution in [-0.4, -0.2) is 0 Å². The van der Waals surface area contributed by atoms with Gasteiger partial charge in [-0.25, -0.2) is 0 Å². The summed E-state index contributed by atoms with van der Waals surface area (Å²) in [6, 6.07) is 18.8. The summed E-state index contributed by atoms with van der Waals surface area (Å²) in [6.45, 7) is 2.20. The third-order valence-corrected chi connectivity index (χ3v) is 3.18. The summed E-state index contributed by atoms with van der Waals surface area (Å²) in [7, 11) is 0. The van der Waals surface area contributed by atoms with Gasteiger partial charge in [-0.1, -0.05) is 61.3 Å². The molecule has 0 aliphatic rings. The fourth-order valence-electron chi connectivity index (χ4n) is 2.08. The molecule has 1 nitrogen and oxygen atoms in total. The molecule has 1 unspecified atom stereocenters. The lowest BCUT2D eigenvalue weighted by molar-refractivity contribution is 0.677. The lowest BCUT2D eigenvalue weighted by Crippen LogP contribution is -2.10. The van der Waals surface area contributed by atoms with Gasteiger partial charge in [-0.2, -0.15) is 0 Å². The summed E-state index contributed by atoms with van der Waals surface area (Å²) in [5.74, 6) is 0. The Balaban J connectivity index is 2.16. The number of rotatable bonds is 5. The van der Waals surface area contributed by atoms with E-state index in [1.807, 2.05) is 24.3 Å². The predicted octanol–water partition coefficient (Wildman–Crippen LogP) is 5.29. The Hall–Kier alpha value is -1.47. The average molecular weight is 260 g/mol. The highest BCUT2D eigenvalue weighted by atomic mass is 35.5. The minimum Gasteiger partial charge on any atom is -0.378 e. The van der Waals surface area contributed by atoms with Crippen molar-refractivity contribution in [2.45, 2.75) is 25.8 Å². The molecule has 0 saturated heterocycles. The molecule has 2 aromatic carbocycles. The Labute approximate surface area is 114 Å². The maximum absolute atomic E-state index is 6.01. The number of hydrogen-bond acceptors (Lipinski definition) is 1. The molecule has 1 atom stereocenters. The highest BCUT2D eigenvalue weighted by molar-refractivity contribution is 6.30. The lowest BCUT2D eigenvalue weighted by atomic mass is 10.0. The van der Waals surface area contributed by atoms with Crippen molar-refractivity contribution < 1.29 is 0 Å². The number of nitrogens with one attached hydrogen (secondary N) is 1. The van der Waals surface area contributed by atoms with E-state index >= 15 is 0 Å². The molecule has 0 heterocycles. The van der Waals surface area contributed by atoms with E-state index in [1.165, 1.54) is 5.56 Å². The Morgan fingerprint density at radius 1 is 1.06 bits per heavy atom. The fraction of sp³-hybridized carbons (Fsp3) is 0.250. The van der Waals surface area contributed by atoms with Crippen molar-refractivity contribution in [2.24, 2.45) is 0 Å². The molecule has 0 aliphatic heterocycles. The molecular weight excluding hydrogens is 242 g/mol. The van der Waals surface area contributed by atoms with Crippen LogP contribution in [0.15, 0.2) is 54.6 Å². The van der Waals surface area contributed by atoms with E-state index in [0.29, 0.717) is 6.04 Å². The summed E-state index contributed by atoms with van der Waals surface area (Å²) >= 11 is 6.01. The minimum atomic E-state index is 0.342. The highest BCUT2D eigenvalue weighted by Gasteiger charge is 2.09. The Bertz CT molecular complexity index is 481. The Kier molecular flexibility index (Phi) is 4.66. The molecule has 0 bridgehead atoms. The standard InChI is InChI=1S/C16H18ClN/c1-2-7-16(13-8-4-3-5-9-13)18-15-11-6-10-14(17)12-15/h3-6,8-12,16,18H,2,7H2,1H3. The van der Waals surface area contributed by atoms with Crippen molar-refractivity contribution in [3.63, 3.8) is 0 Å². The van der Waals surface area contributed by atoms with E-state index in [-0.39, 0.29) is 0 Å². The molecule has 0 fully saturated rings. The number of benzene rings is 2. The molecule has 18 heavy (non-hydrogen) atoms. The normalized spacial score (nSPS) is 12.1. The highest BCUT2D eigenvalue weighted by Crippen LogP contribution is 2.25. The van der Waals surface area contributed by atoms with E-state index in [9.17, 15) is 0 Å². The fourth-order valence-corrected chi connectivity index (χ4v) is 2.27. The maximum Gasteiger partial charge on any atom is 0.0513 e. The van der Waals surface area contributed by atoms with E-state index < -0.39 is 0 Å². The van der Waals surface area contributed by atoms with Gasteiger partial charge in [-0.15, -0.1) is 0 Å². The molecule has 0 amide bonds. The first-order valence-electron chi connectivity index (χ1n) is 6.36. The van der Waals surface area contributed by atoms with Gasteiger partial charge >= 0.3 is 0 Å². The van der Waals surface area contributed by atoms with Crippen molar-refractivity contribution >= 4 is 17.3 Å². The van der Waals surface area contributed by atoms with E-state index in [4.69, 9.17) is 11.6 Å². The van der Waals surface area contributed by atoms with Crippen LogP contribution in [0.2, 0.25) is 5.02 Å². The molecule has 0 saturated carbocycles. The number of hydrogen-bond donors (Lipinski definition) is 1. The zero-order chi connectivity index (χ0) is 12.8. The van der Waals surface area contributed by atoms with Crippen LogP contribution in [0.3, 0.4) is 0 Å². The van der Waals surface area contributed by atoms with Gasteiger partial charge in [0.1, 0.15) is 0 Å². The molecule has 94 valence electrons. The second kappa shape index (κ2) is 6.46. The van der Waals surface area contributed by atoms with Crippen LogP contribution >= 0.6 is 11.6 Å². The van der Waals surface area contributed by atoms with Crippen molar-refractivity contribution in [1.82, 2.24) is 0 Å². The summed E-state index contributed by atoms with van der Waals surface area (Å²) in [5.41, 5.74) is 2.39. The SMILES string of the molecule is CCCC(Nc1cccc(Cl)c1)c1ccccc1. The number of halogens is 1. The molecule has 0 spiro atoms. The van der Waals surface area contributed by atoms with Crippen molar-refractivity contribution in [3.8, 4) is 0 Å². The summed E-state index contributed by atoms with van der Waals surface area (Å²) in [6.07, 6.45) is 2.25. The van der Waals surface area contributed by atoms with Crippen molar-refractivity contribution in [1.29, 1.82) is 0 Å². The molecule has 0 radical (unpaired) electrons. The monoisotopic (exact) mass is 259 g/mol. The first kappa shape index (κ1) is 13.0. The van der Waals surface area contributed by atoms with Crippen LogP contribution in [-0.2, 0) is 0 Å². The molecule has 2 rings (SSSR count). The molecule has 0 aliphatic carbocycles. The molecular formula is C16H18ClN. The predicted molar refractivity (Wildman–Crippen MR) is 79.2 cm³/mol. The van der Waals surface area contributed by atoms with Gasteiger partial charge in [-0.3, -0.25) is 0 Å². The summed E-state index contributed by atoms with van der Waals surface area (Å²) in [4.78, 5) is 0. The third-order valence-electron chi connectivity index (χ3n) is 2.94. The maximum atomic E-state index is 6.01. The largest absolute Gasteiger partial charge is 0.378 e. The average Bonchev–Trinajstić information content (AvgIpc) is 2.39. The van der Waals surface area contributed by atoms with Gasteiger partial charge in [-0.05, 0) is 30.2 Å². The van der Waals surface area contributed by atoms with E-state index in [0.717, 1.165) is 23.6 Å². The van der Waals surface area contributed by atoms with Gasteiger partial charge in [0, 0.05) is 10.7 Å². The van der Waals surface area contributed by atoms with Crippen molar-refractivity contribution in [3.05, 3.63) is 65.2 Å². The van der Waals surface area contributed by atoms with Crippen LogP contribution in [0, 0.1) is 0 Å². The first-order chi connectivity index (χ1) is 8.79. The second-order valence-electron chi connectivity index (χ2n) is 4.41. The van der Waals surface area contributed by atoms with Crippen LogP contribution in [0.25, 0.3) is 0 Å². The van der Waals surface area contributed by atoms with Crippen LogP contribution in [0.5, 0.6) is 0 Å². The third kappa shape index (κ3) is 3.51. The summed E-state index contributed by atoms with van der Waals surface area (Å²) in [5, 5.41) is 4.32. The van der Waals surface area contributed by atoms with Crippen LogP contribution in [0.4, 0.5) is 5.69 Å². The Morgan fingerprint density at radius 2 is 1.83 bits per heavy atom. The smallest absolute Gasteiger partial charge is 0.0513 e. The Morgan fingerprint density at radius 3 is 2.50 bits per heavy atom. The van der Waals surface area contributed by atoms with Gasteiger partial charge in [0.2, 0.25) is 0 Å². The lowest BCUT2D eigenvalue weighted by Gasteiger charge is -2.20. The first-order valence-corrected chi connectivity index (χ1v) is 6.74. The van der Waals surface area contributed by atoms with Gasteiger partial charge < -0.3 is 5.32 Å². The molecule has 0 aromatic heterocycles. The molecule has 2 heteroatoms. The van der Waals surface area contributed by atoms with E-state index in [2.05, 4.69) is 42.6 Å². The molecule has 1 N–H and O–H groups in total. The van der Waals surface area contributed by atoms with Crippen molar-refractivity contribution in [2.75, 3.05) is 5.32 Å². The van der Waals surface area contributed by atoms with E-state index in [1.54, 1.807) is 0 Å². The van der Waals surface area contributed by atoms with Crippen LogP contribution in [0.1, 0.15) is 31.4 Å². The topological polar surface area (TPSA) is 12.0 Å².